The number of carbonyl (C=O) groups is 1. The molecule has 3 aliphatic rings. The van der Waals surface area contributed by atoms with E-state index in [1.54, 1.807) is 11.0 Å². The molecule has 7 heteroatoms. The Morgan fingerprint density at radius 1 is 0.769 bits per heavy atom. The van der Waals surface area contributed by atoms with Gasteiger partial charge in [-0.05, 0) is 61.8 Å². The van der Waals surface area contributed by atoms with Crippen LogP contribution in [0.3, 0.4) is 0 Å². The standard InChI is InChI=1S/C19H27N3O3S/c23-19(20-9-2-1-3-10-20)21-11-13-22(14-12-21)26(24,25)18-8-7-16-5-4-6-17(16)15-18/h7-8,15H,1-6,9-14H2. The molecule has 1 aromatic rings. The third kappa shape index (κ3) is 3.34. The van der Waals surface area contributed by atoms with E-state index in [1.807, 2.05) is 17.0 Å². The van der Waals surface area contributed by atoms with E-state index in [2.05, 4.69) is 0 Å². The molecule has 2 aliphatic heterocycles. The van der Waals surface area contributed by atoms with Crippen molar-refractivity contribution in [2.45, 2.75) is 43.4 Å². The van der Waals surface area contributed by atoms with Crippen LogP contribution in [0.25, 0.3) is 0 Å². The fraction of sp³-hybridized carbons (Fsp3) is 0.632. The van der Waals surface area contributed by atoms with Gasteiger partial charge in [0.15, 0.2) is 0 Å². The van der Waals surface area contributed by atoms with Crippen LogP contribution in [0.15, 0.2) is 23.1 Å². The average Bonchev–Trinajstić information content (AvgIpc) is 3.16. The van der Waals surface area contributed by atoms with Gasteiger partial charge in [-0.25, -0.2) is 13.2 Å². The fourth-order valence-electron chi connectivity index (χ4n) is 4.26. The summed E-state index contributed by atoms with van der Waals surface area (Å²) in [7, 11) is -3.48. The van der Waals surface area contributed by atoms with E-state index in [0.717, 1.165) is 45.2 Å². The summed E-state index contributed by atoms with van der Waals surface area (Å²) in [5.74, 6) is 0. The lowest BCUT2D eigenvalue weighted by molar-refractivity contribution is 0.126. The summed E-state index contributed by atoms with van der Waals surface area (Å²) in [6.07, 6.45) is 6.45. The van der Waals surface area contributed by atoms with E-state index in [4.69, 9.17) is 0 Å². The Kier molecular flexibility index (Phi) is 4.92. The first-order chi connectivity index (χ1) is 12.6. The molecule has 142 valence electrons. The van der Waals surface area contributed by atoms with Gasteiger partial charge in [-0.2, -0.15) is 4.31 Å². The molecule has 0 unspecified atom stereocenters. The van der Waals surface area contributed by atoms with Crippen molar-refractivity contribution in [3.8, 4) is 0 Å². The van der Waals surface area contributed by atoms with E-state index in [0.29, 0.717) is 31.1 Å². The van der Waals surface area contributed by atoms with Crippen LogP contribution < -0.4 is 0 Å². The first-order valence-electron chi connectivity index (χ1n) is 9.71. The van der Waals surface area contributed by atoms with Gasteiger partial charge in [0.1, 0.15) is 0 Å². The number of piperidine rings is 1. The van der Waals surface area contributed by atoms with Gasteiger partial charge in [-0.3, -0.25) is 0 Å². The number of benzene rings is 1. The van der Waals surface area contributed by atoms with Crippen molar-refractivity contribution < 1.29 is 13.2 Å². The first-order valence-corrected chi connectivity index (χ1v) is 11.2. The molecular formula is C19H27N3O3S. The normalized spacial score (nSPS) is 21.7. The lowest BCUT2D eigenvalue weighted by atomic mass is 10.1. The lowest BCUT2D eigenvalue weighted by Gasteiger charge is -2.38. The second-order valence-corrected chi connectivity index (χ2v) is 9.44. The van der Waals surface area contributed by atoms with Crippen LogP contribution in [0, 0.1) is 0 Å². The summed E-state index contributed by atoms with van der Waals surface area (Å²) in [5, 5.41) is 0. The minimum Gasteiger partial charge on any atom is -0.325 e. The van der Waals surface area contributed by atoms with Crippen LogP contribution in [-0.4, -0.2) is 67.8 Å². The number of nitrogens with zero attached hydrogens (tertiary/aromatic N) is 3. The number of aryl methyl sites for hydroxylation is 2. The summed E-state index contributed by atoms with van der Waals surface area (Å²) in [6.45, 7) is 3.34. The maximum atomic E-state index is 13.0. The summed E-state index contributed by atoms with van der Waals surface area (Å²) in [5.41, 5.74) is 2.45. The van der Waals surface area contributed by atoms with E-state index in [1.165, 1.54) is 21.9 Å². The molecule has 26 heavy (non-hydrogen) atoms. The van der Waals surface area contributed by atoms with Crippen LogP contribution in [0.5, 0.6) is 0 Å². The number of carbonyl (C=O) groups excluding carboxylic acids is 1. The molecule has 0 aromatic heterocycles. The van der Waals surface area contributed by atoms with Crippen molar-refractivity contribution in [1.82, 2.24) is 14.1 Å². The van der Waals surface area contributed by atoms with Gasteiger partial charge in [0, 0.05) is 39.3 Å². The van der Waals surface area contributed by atoms with Crippen LogP contribution in [0.1, 0.15) is 36.8 Å². The highest BCUT2D eigenvalue weighted by Crippen LogP contribution is 2.27. The van der Waals surface area contributed by atoms with Gasteiger partial charge >= 0.3 is 6.03 Å². The zero-order valence-electron chi connectivity index (χ0n) is 15.2. The third-order valence-electron chi connectivity index (χ3n) is 5.84. The van der Waals surface area contributed by atoms with Crippen molar-refractivity contribution in [3.63, 3.8) is 0 Å². The lowest BCUT2D eigenvalue weighted by Crippen LogP contribution is -2.54. The highest BCUT2D eigenvalue weighted by Gasteiger charge is 2.32. The van der Waals surface area contributed by atoms with Crippen LogP contribution in [0.4, 0.5) is 4.79 Å². The van der Waals surface area contributed by atoms with Crippen LogP contribution in [-0.2, 0) is 22.9 Å². The molecular weight excluding hydrogens is 350 g/mol. The maximum Gasteiger partial charge on any atom is 0.320 e. The van der Waals surface area contributed by atoms with Gasteiger partial charge in [-0.1, -0.05) is 6.07 Å². The molecule has 2 saturated heterocycles. The van der Waals surface area contributed by atoms with Gasteiger partial charge in [0.2, 0.25) is 10.0 Å². The summed E-state index contributed by atoms with van der Waals surface area (Å²) < 4.78 is 27.5. The fourth-order valence-corrected chi connectivity index (χ4v) is 5.74. The molecule has 1 aromatic carbocycles. The minimum absolute atomic E-state index is 0.0688. The zero-order chi connectivity index (χ0) is 18.1. The molecule has 0 spiro atoms. The second-order valence-electron chi connectivity index (χ2n) is 7.51. The molecule has 0 saturated carbocycles. The minimum atomic E-state index is -3.48. The van der Waals surface area contributed by atoms with Crippen LogP contribution in [0.2, 0.25) is 0 Å². The topological polar surface area (TPSA) is 60.9 Å². The highest BCUT2D eigenvalue weighted by atomic mass is 32.2. The molecule has 0 radical (unpaired) electrons. The van der Waals surface area contributed by atoms with Gasteiger partial charge in [0.25, 0.3) is 0 Å². The third-order valence-corrected chi connectivity index (χ3v) is 7.74. The summed E-state index contributed by atoms with van der Waals surface area (Å²) in [6, 6.07) is 5.62. The quantitative estimate of drug-likeness (QED) is 0.793. The first kappa shape index (κ1) is 17.8. The molecule has 0 bridgehead atoms. The molecule has 0 atom stereocenters. The molecule has 1 aliphatic carbocycles. The van der Waals surface area contributed by atoms with Crippen molar-refractivity contribution in [3.05, 3.63) is 29.3 Å². The van der Waals surface area contributed by atoms with Crippen LogP contribution >= 0.6 is 0 Å². The number of amides is 2. The Labute approximate surface area is 155 Å². The Balaban J connectivity index is 1.41. The Hall–Kier alpha value is -1.60. The zero-order valence-corrected chi connectivity index (χ0v) is 16.0. The number of urea groups is 1. The van der Waals surface area contributed by atoms with Gasteiger partial charge in [0.05, 0.1) is 4.90 Å². The molecule has 2 fully saturated rings. The maximum absolute atomic E-state index is 13.0. The van der Waals surface area contributed by atoms with Gasteiger partial charge < -0.3 is 9.80 Å². The second kappa shape index (κ2) is 7.19. The van der Waals surface area contributed by atoms with E-state index >= 15 is 0 Å². The average molecular weight is 378 g/mol. The van der Waals surface area contributed by atoms with E-state index in [-0.39, 0.29) is 6.03 Å². The predicted octanol–water partition coefficient (Wildman–Crippen LogP) is 2.09. The van der Waals surface area contributed by atoms with Crippen molar-refractivity contribution >= 4 is 16.1 Å². The molecule has 4 rings (SSSR count). The smallest absolute Gasteiger partial charge is 0.320 e. The highest BCUT2D eigenvalue weighted by molar-refractivity contribution is 7.89. The molecule has 2 amide bonds. The Morgan fingerprint density at radius 2 is 1.42 bits per heavy atom. The van der Waals surface area contributed by atoms with E-state index < -0.39 is 10.0 Å². The number of hydrogen-bond acceptors (Lipinski definition) is 3. The van der Waals surface area contributed by atoms with Crippen molar-refractivity contribution in [1.29, 1.82) is 0 Å². The Bertz CT molecular complexity index is 779. The molecule has 6 nitrogen and oxygen atoms in total. The number of hydrogen-bond donors (Lipinski definition) is 0. The monoisotopic (exact) mass is 377 g/mol. The number of fused-ring (bicyclic) bond motifs is 1. The SMILES string of the molecule is O=C(N1CCCCC1)N1CCN(S(=O)(=O)c2ccc3c(c2)CCC3)CC1. The summed E-state index contributed by atoms with van der Waals surface area (Å²) >= 11 is 0. The van der Waals surface area contributed by atoms with Gasteiger partial charge in [-0.15, -0.1) is 0 Å². The molecule has 0 N–H and O–H groups in total. The predicted molar refractivity (Wildman–Crippen MR) is 99.6 cm³/mol. The number of rotatable bonds is 2. The number of sulfonamides is 1. The number of likely N-dealkylation sites (tertiary alicyclic amines) is 1. The Morgan fingerprint density at radius 3 is 2.15 bits per heavy atom. The number of piperazine rings is 1. The molecule has 2 heterocycles. The van der Waals surface area contributed by atoms with Crippen molar-refractivity contribution in [2.24, 2.45) is 0 Å². The van der Waals surface area contributed by atoms with E-state index in [9.17, 15) is 13.2 Å². The van der Waals surface area contributed by atoms with Crippen molar-refractivity contribution in [2.75, 3.05) is 39.3 Å². The summed E-state index contributed by atoms with van der Waals surface area (Å²) in [4.78, 5) is 16.7. The largest absolute Gasteiger partial charge is 0.325 e.